The van der Waals surface area contributed by atoms with Crippen LogP contribution in [0.5, 0.6) is 0 Å². The highest BCUT2D eigenvalue weighted by Crippen LogP contribution is 2.32. The fourth-order valence-electron chi connectivity index (χ4n) is 2.99. The average molecular weight is 309 g/mol. The summed E-state index contributed by atoms with van der Waals surface area (Å²) in [5.74, 6) is 0.763. The summed E-state index contributed by atoms with van der Waals surface area (Å²) in [4.78, 5) is 2.36. The first-order valence-corrected chi connectivity index (χ1v) is 8.19. The van der Waals surface area contributed by atoms with Crippen molar-refractivity contribution in [2.75, 3.05) is 26.8 Å². The number of nitrogens with one attached hydrogen (secondary N) is 1. The van der Waals surface area contributed by atoms with E-state index in [1.165, 1.54) is 18.5 Å². The molecule has 2 rings (SSSR count). The number of methoxy groups -OCH3 is 1. The summed E-state index contributed by atoms with van der Waals surface area (Å²) in [6.45, 7) is 4.81. The first-order chi connectivity index (χ1) is 10.1. The van der Waals surface area contributed by atoms with Crippen molar-refractivity contribution in [3.05, 3.63) is 24.0 Å². The minimum Gasteiger partial charge on any atom is -0.383 e. The van der Waals surface area contributed by atoms with Gasteiger partial charge in [-0.3, -0.25) is 0 Å². The second-order valence-corrected chi connectivity index (χ2v) is 6.34. The van der Waals surface area contributed by atoms with Crippen molar-refractivity contribution in [2.45, 2.75) is 32.2 Å². The van der Waals surface area contributed by atoms with Gasteiger partial charge in [-0.05, 0) is 49.5 Å². The molecule has 4 nitrogen and oxygen atoms in total. The van der Waals surface area contributed by atoms with E-state index in [-0.39, 0.29) is 0 Å². The molecule has 1 aliphatic heterocycles. The van der Waals surface area contributed by atoms with Gasteiger partial charge in [0, 0.05) is 39.1 Å². The quantitative estimate of drug-likeness (QED) is 0.684. The SMILES string of the molecule is COCCNC(=S)N1CC[C@@H](C)CC[C@@H]1c1cccn1C. The van der Waals surface area contributed by atoms with Crippen LogP contribution in [-0.2, 0) is 11.8 Å². The molecule has 0 spiro atoms. The lowest BCUT2D eigenvalue weighted by Crippen LogP contribution is -2.43. The Morgan fingerprint density at radius 3 is 2.90 bits per heavy atom. The first kappa shape index (κ1) is 16.3. The number of hydrogen-bond donors (Lipinski definition) is 1. The van der Waals surface area contributed by atoms with Gasteiger partial charge in [0.1, 0.15) is 0 Å². The van der Waals surface area contributed by atoms with Gasteiger partial charge in [-0.15, -0.1) is 0 Å². The molecule has 1 aromatic rings. The molecular formula is C16H27N3OS. The standard InChI is InChI=1S/C16H27N3OS/c1-13-6-7-15(14-5-4-10-18(14)2)19(11-8-13)16(21)17-9-12-20-3/h4-5,10,13,15H,6-9,11-12H2,1-3H3,(H,17,21)/t13-,15+/m0/s1. The van der Waals surface area contributed by atoms with Crippen LogP contribution in [0.3, 0.4) is 0 Å². The molecule has 1 aliphatic rings. The lowest BCUT2D eigenvalue weighted by atomic mass is 10.0. The molecule has 0 unspecified atom stereocenters. The molecule has 5 heteroatoms. The third-order valence-corrected chi connectivity index (χ3v) is 4.72. The summed E-state index contributed by atoms with van der Waals surface area (Å²) < 4.78 is 7.31. The maximum atomic E-state index is 5.63. The highest BCUT2D eigenvalue weighted by atomic mass is 32.1. The van der Waals surface area contributed by atoms with Gasteiger partial charge in [0.15, 0.2) is 5.11 Å². The fraction of sp³-hybridized carbons (Fsp3) is 0.688. The zero-order chi connectivity index (χ0) is 15.2. The molecule has 118 valence electrons. The molecule has 0 radical (unpaired) electrons. The number of aromatic nitrogens is 1. The fourth-order valence-corrected chi connectivity index (χ4v) is 3.31. The van der Waals surface area contributed by atoms with Crippen LogP contribution in [0, 0.1) is 5.92 Å². The van der Waals surface area contributed by atoms with E-state index in [1.54, 1.807) is 7.11 Å². The van der Waals surface area contributed by atoms with E-state index < -0.39 is 0 Å². The summed E-state index contributed by atoms with van der Waals surface area (Å²) in [7, 11) is 3.83. The minimum atomic E-state index is 0.373. The van der Waals surface area contributed by atoms with Crippen molar-refractivity contribution >= 4 is 17.3 Å². The molecule has 2 heterocycles. The summed E-state index contributed by atoms with van der Waals surface area (Å²) in [5, 5.41) is 4.18. The van der Waals surface area contributed by atoms with Gasteiger partial charge in [-0.25, -0.2) is 0 Å². The highest BCUT2D eigenvalue weighted by molar-refractivity contribution is 7.80. The van der Waals surface area contributed by atoms with E-state index in [9.17, 15) is 0 Å². The summed E-state index contributed by atoms with van der Waals surface area (Å²) in [6, 6.07) is 4.70. The second kappa shape index (κ2) is 7.80. The molecule has 1 aromatic heterocycles. The van der Waals surface area contributed by atoms with Gasteiger partial charge >= 0.3 is 0 Å². The molecule has 0 saturated carbocycles. The maximum Gasteiger partial charge on any atom is 0.169 e. The van der Waals surface area contributed by atoms with E-state index in [0.29, 0.717) is 12.6 Å². The largest absolute Gasteiger partial charge is 0.383 e. The maximum absolute atomic E-state index is 5.63. The van der Waals surface area contributed by atoms with Gasteiger partial charge in [-0.1, -0.05) is 6.92 Å². The van der Waals surface area contributed by atoms with Crippen LogP contribution in [0.1, 0.15) is 37.9 Å². The van der Waals surface area contributed by atoms with E-state index in [2.05, 4.69) is 47.1 Å². The third kappa shape index (κ3) is 4.20. The summed E-state index contributed by atoms with van der Waals surface area (Å²) in [5.41, 5.74) is 1.35. The minimum absolute atomic E-state index is 0.373. The Hall–Kier alpha value is -1.07. The Morgan fingerprint density at radius 2 is 2.24 bits per heavy atom. The number of likely N-dealkylation sites (tertiary alicyclic amines) is 1. The van der Waals surface area contributed by atoms with Crippen molar-refractivity contribution in [1.82, 2.24) is 14.8 Å². The number of aryl methyl sites for hydroxylation is 1. The van der Waals surface area contributed by atoms with Crippen molar-refractivity contribution in [3.63, 3.8) is 0 Å². The summed E-state index contributed by atoms with van der Waals surface area (Å²) in [6.07, 6.45) is 5.73. The van der Waals surface area contributed by atoms with E-state index in [0.717, 1.165) is 30.5 Å². The Bertz CT molecular complexity index is 460. The molecule has 0 bridgehead atoms. The molecule has 1 saturated heterocycles. The lowest BCUT2D eigenvalue weighted by molar-refractivity contribution is 0.202. The third-order valence-electron chi connectivity index (χ3n) is 4.34. The van der Waals surface area contributed by atoms with Crippen LogP contribution in [-0.4, -0.2) is 41.4 Å². The second-order valence-electron chi connectivity index (χ2n) is 5.95. The molecule has 2 atom stereocenters. The first-order valence-electron chi connectivity index (χ1n) is 7.78. The Balaban J connectivity index is 2.12. The van der Waals surface area contributed by atoms with Crippen LogP contribution in [0.15, 0.2) is 18.3 Å². The van der Waals surface area contributed by atoms with Gasteiger partial charge in [-0.2, -0.15) is 0 Å². The van der Waals surface area contributed by atoms with E-state index in [4.69, 9.17) is 17.0 Å². The van der Waals surface area contributed by atoms with Gasteiger partial charge in [0.05, 0.1) is 12.6 Å². The van der Waals surface area contributed by atoms with Crippen LogP contribution in [0.4, 0.5) is 0 Å². The number of ether oxygens (including phenoxy) is 1. The molecule has 0 amide bonds. The number of rotatable bonds is 4. The Labute approximate surface area is 133 Å². The van der Waals surface area contributed by atoms with E-state index >= 15 is 0 Å². The van der Waals surface area contributed by atoms with Crippen LogP contribution in [0.2, 0.25) is 0 Å². The smallest absolute Gasteiger partial charge is 0.169 e. The van der Waals surface area contributed by atoms with Crippen LogP contribution >= 0.6 is 12.2 Å². The molecule has 0 aromatic carbocycles. The van der Waals surface area contributed by atoms with Crippen LogP contribution < -0.4 is 5.32 Å². The van der Waals surface area contributed by atoms with Gasteiger partial charge in [0.25, 0.3) is 0 Å². The predicted molar refractivity (Wildman–Crippen MR) is 90.4 cm³/mol. The highest BCUT2D eigenvalue weighted by Gasteiger charge is 2.28. The zero-order valence-corrected chi connectivity index (χ0v) is 14.2. The molecule has 21 heavy (non-hydrogen) atoms. The number of nitrogens with zero attached hydrogens (tertiary/aromatic N) is 2. The van der Waals surface area contributed by atoms with Crippen molar-refractivity contribution in [3.8, 4) is 0 Å². The average Bonchev–Trinajstić information content (AvgIpc) is 2.78. The lowest BCUT2D eigenvalue weighted by Gasteiger charge is -2.33. The molecule has 1 fully saturated rings. The molecule has 1 N–H and O–H groups in total. The predicted octanol–water partition coefficient (Wildman–Crippen LogP) is 2.71. The summed E-state index contributed by atoms with van der Waals surface area (Å²) >= 11 is 5.63. The molecular weight excluding hydrogens is 282 g/mol. The zero-order valence-electron chi connectivity index (χ0n) is 13.3. The topological polar surface area (TPSA) is 29.4 Å². The van der Waals surface area contributed by atoms with Gasteiger partial charge in [0.2, 0.25) is 0 Å². The number of thiocarbonyl (C=S) groups is 1. The van der Waals surface area contributed by atoms with Crippen LogP contribution in [0.25, 0.3) is 0 Å². The van der Waals surface area contributed by atoms with Crippen molar-refractivity contribution < 1.29 is 4.74 Å². The Morgan fingerprint density at radius 1 is 1.43 bits per heavy atom. The molecule has 0 aliphatic carbocycles. The number of hydrogen-bond acceptors (Lipinski definition) is 2. The monoisotopic (exact) mass is 309 g/mol. The van der Waals surface area contributed by atoms with Gasteiger partial charge < -0.3 is 19.5 Å². The normalized spacial score (nSPS) is 22.9. The Kier molecular flexibility index (Phi) is 6.06. The van der Waals surface area contributed by atoms with Crippen molar-refractivity contribution in [2.24, 2.45) is 13.0 Å². The van der Waals surface area contributed by atoms with E-state index in [1.807, 2.05) is 0 Å². The van der Waals surface area contributed by atoms with Crippen molar-refractivity contribution in [1.29, 1.82) is 0 Å².